The number of hydrogen-bond acceptors (Lipinski definition) is 6. The lowest BCUT2D eigenvalue weighted by atomic mass is 10.0. The van der Waals surface area contributed by atoms with Crippen LogP contribution in [0.2, 0.25) is 0 Å². The fourth-order valence-corrected chi connectivity index (χ4v) is 3.51. The van der Waals surface area contributed by atoms with Gasteiger partial charge in [-0.2, -0.15) is 4.98 Å². The average Bonchev–Trinajstić information content (AvgIpc) is 2.77. The largest absolute Gasteiger partial charge is 0.465 e. The number of aldehydes is 1. The topological polar surface area (TPSA) is 154 Å². The van der Waals surface area contributed by atoms with E-state index in [-0.39, 0.29) is 44.0 Å². The number of aromatic nitrogens is 2. The van der Waals surface area contributed by atoms with E-state index in [1.54, 1.807) is 0 Å². The van der Waals surface area contributed by atoms with Crippen molar-refractivity contribution < 1.29 is 33.1 Å². The molecule has 1 fully saturated rings. The van der Waals surface area contributed by atoms with E-state index in [1.807, 2.05) is 0 Å². The molecule has 1 aromatic heterocycles. The standard InChI is InChI=1S/C21H22F2N6O6/c1-21(2,26-20(34)35)17(31)27-5-7-28(8-6-27)18(32)24-16-3-4-29(19(33)25-16)12-9-14(22)13(11-30)15(23)10-12/h3-4,9-11,26H,5-8H2,1-2H3,(H,34,35)(H,24,25,32,33). The van der Waals surface area contributed by atoms with Crippen molar-refractivity contribution in [1.82, 2.24) is 24.7 Å². The second-order valence-corrected chi connectivity index (χ2v) is 8.17. The molecule has 0 aliphatic carbocycles. The highest BCUT2D eigenvalue weighted by atomic mass is 19.1. The molecular formula is C21H22F2N6O6. The van der Waals surface area contributed by atoms with E-state index < -0.39 is 46.5 Å². The summed E-state index contributed by atoms with van der Waals surface area (Å²) >= 11 is 0. The summed E-state index contributed by atoms with van der Waals surface area (Å²) in [5.41, 5.74) is -3.21. The summed E-state index contributed by atoms with van der Waals surface area (Å²) in [7, 11) is 0. The monoisotopic (exact) mass is 492 g/mol. The van der Waals surface area contributed by atoms with Crippen LogP contribution >= 0.6 is 0 Å². The van der Waals surface area contributed by atoms with Gasteiger partial charge in [0.15, 0.2) is 6.29 Å². The maximum Gasteiger partial charge on any atom is 0.405 e. The quantitative estimate of drug-likeness (QED) is 0.527. The predicted octanol–water partition coefficient (Wildman–Crippen LogP) is 1.05. The molecule has 0 saturated carbocycles. The third kappa shape index (κ3) is 5.59. The first-order valence-corrected chi connectivity index (χ1v) is 10.3. The van der Waals surface area contributed by atoms with Gasteiger partial charge in [0.25, 0.3) is 0 Å². The van der Waals surface area contributed by atoms with Crippen molar-refractivity contribution in [1.29, 1.82) is 0 Å². The Kier molecular flexibility index (Phi) is 7.12. The van der Waals surface area contributed by atoms with Gasteiger partial charge >= 0.3 is 17.8 Å². The fourth-order valence-electron chi connectivity index (χ4n) is 3.51. The van der Waals surface area contributed by atoms with E-state index in [4.69, 9.17) is 5.11 Å². The minimum Gasteiger partial charge on any atom is -0.465 e. The summed E-state index contributed by atoms with van der Waals surface area (Å²) in [4.78, 5) is 65.6. The van der Waals surface area contributed by atoms with Crippen molar-refractivity contribution >= 4 is 30.1 Å². The molecule has 3 rings (SSSR count). The van der Waals surface area contributed by atoms with Gasteiger partial charge in [0.1, 0.15) is 23.0 Å². The number of hydrogen-bond donors (Lipinski definition) is 3. The molecule has 1 saturated heterocycles. The summed E-state index contributed by atoms with van der Waals surface area (Å²) in [5.74, 6) is -2.82. The number of nitrogens with one attached hydrogen (secondary N) is 2. The van der Waals surface area contributed by atoms with Crippen molar-refractivity contribution in [3.63, 3.8) is 0 Å². The van der Waals surface area contributed by atoms with Gasteiger partial charge in [-0.15, -0.1) is 0 Å². The van der Waals surface area contributed by atoms with Crippen LogP contribution in [-0.4, -0.2) is 80.5 Å². The van der Waals surface area contributed by atoms with Gasteiger partial charge in [0, 0.05) is 32.4 Å². The number of amides is 4. The molecule has 2 heterocycles. The van der Waals surface area contributed by atoms with Crippen LogP contribution in [0.5, 0.6) is 0 Å². The van der Waals surface area contributed by atoms with Crippen LogP contribution < -0.4 is 16.3 Å². The molecule has 186 valence electrons. The number of carbonyl (C=O) groups is 4. The van der Waals surface area contributed by atoms with Crippen molar-refractivity contribution in [3.05, 3.63) is 52.1 Å². The first-order valence-electron chi connectivity index (χ1n) is 10.3. The van der Waals surface area contributed by atoms with Crippen molar-refractivity contribution in [2.45, 2.75) is 19.4 Å². The number of piperazine rings is 1. The van der Waals surface area contributed by atoms with E-state index in [0.717, 1.165) is 22.9 Å². The summed E-state index contributed by atoms with van der Waals surface area (Å²) in [5, 5.41) is 13.5. The first kappa shape index (κ1) is 25.3. The van der Waals surface area contributed by atoms with Crippen LogP contribution in [0.1, 0.15) is 24.2 Å². The maximum atomic E-state index is 13.9. The van der Waals surface area contributed by atoms with Crippen LogP contribution in [0, 0.1) is 11.6 Å². The molecule has 0 atom stereocenters. The highest BCUT2D eigenvalue weighted by molar-refractivity contribution is 5.90. The number of halogens is 2. The Balaban J connectivity index is 1.64. The van der Waals surface area contributed by atoms with Gasteiger partial charge in [-0.3, -0.25) is 19.5 Å². The molecule has 0 unspecified atom stereocenters. The van der Waals surface area contributed by atoms with Crippen LogP contribution in [-0.2, 0) is 4.79 Å². The highest BCUT2D eigenvalue weighted by Gasteiger charge is 2.35. The normalized spacial score (nSPS) is 13.8. The van der Waals surface area contributed by atoms with E-state index in [9.17, 15) is 32.8 Å². The van der Waals surface area contributed by atoms with Crippen LogP contribution in [0.15, 0.2) is 29.2 Å². The molecule has 2 aromatic rings. The minimum absolute atomic E-state index is 0.0254. The zero-order valence-corrected chi connectivity index (χ0v) is 18.7. The van der Waals surface area contributed by atoms with Crippen LogP contribution in [0.4, 0.5) is 24.2 Å². The smallest absolute Gasteiger partial charge is 0.405 e. The Bertz CT molecular complexity index is 1220. The van der Waals surface area contributed by atoms with Gasteiger partial charge in [-0.05, 0) is 32.0 Å². The minimum atomic E-state index is -1.33. The number of carboxylic acid groups (broad SMARTS) is 1. The Morgan fingerprint density at radius 2 is 1.66 bits per heavy atom. The molecule has 4 amide bonds. The van der Waals surface area contributed by atoms with Gasteiger partial charge in [0.05, 0.1) is 11.3 Å². The lowest BCUT2D eigenvalue weighted by Gasteiger charge is -2.38. The second kappa shape index (κ2) is 9.87. The maximum absolute atomic E-state index is 13.9. The number of nitrogens with zero attached hydrogens (tertiary/aromatic N) is 4. The highest BCUT2D eigenvalue weighted by Crippen LogP contribution is 2.17. The lowest BCUT2D eigenvalue weighted by Crippen LogP contribution is -2.60. The molecule has 1 aromatic carbocycles. The molecule has 1 aliphatic rings. The van der Waals surface area contributed by atoms with E-state index in [0.29, 0.717) is 0 Å². The summed E-state index contributed by atoms with van der Waals surface area (Å²) in [6, 6.07) is 2.28. The Labute approximate surface area is 197 Å². The van der Waals surface area contributed by atoms with Gasteiger partial charge in [-0.1, -0.05) is 0 Å². The molecule has 3 N–H and O–H groups in total. The molecule has 0 radical (unpaired) electrons. The molecule has 1 aliphatic heterocycles. The Morgan fingerprint density at radius 3 is 2.17 bits per heavy atom. The molecule has 35 heavy (non-hydrogen) atoms. The number of carbonyl (C=O) groups excluding carboxylic acids is 3. The fraction of sp³-hybridized carbons (Fsp3) is 0.333. The predicted molar refractivity (Wildman–Crippen MR) is 118 cm³/mol. The zero-order chi connectivity index (χ0) is 25.9. The SMILES string of the molecule is CC(C)(NC(=O)O)C(=O)N1CCN(C(=O)Nc2ccn(-c3cc(F)c(C=O)c(F)c3)c(=O)n2)CC1. The third-order valence-corrected chi connectivity index (χ3v) is 5.31. The molecular weight excluding hydrogens is 470 g/mol. The molecule has 0 bridgehead atoms. The number of urea groups is 1. The number of anilines is 1. The zero-order valence-electron chi connectivity index (χ0n) is 18.7. The summed E-state index contributed by atoms with van der Waals surface area (Å²) < 4.78 is 28.6. The summed E-state index contributed by atoms with van der Waals surface area (Å²) in [6.07, 6.45) is -0.144. The van der Waals surface area contributed by atoms with E-state index in [1.165, 1.54) is 29.7 Å². The summed E-state index contributed by atoms with van der Waals surface area (Å²) in [6.45, 7) is 3.52. The van der Waals surface area contributed by atoms with E-state index in [2.05, 4.69) is 15.6 Å². The Hall–Kier alpha value is -4.36. The number of benzene rings is 1. The average molecular weight is 492 g/mol. The van der Waals surface area contributed by atoms with Crippen molar-refractivity contribution in [3.8, 4) is 5.69 Å². The van der Waals surface area contributed by atoms with E-state index >= 15 is 0 Å². The molecule has 12 nitrogen and oxygen atoms in total. The molecule has 14 heteroatoms. The Morgan fingerprint density at radius 1 is 1.09 bits per heavy atom. The lowest BCUT2D eigenvalue weighted by molar-refractivity contribution is -0.138. The van der Waals surface area contributed by atoms with Gasteiger partial charge in [0.2, 0.25) is 5.91 Å². The van der Waals surface area contributed by atoms with Crippen LogP contribution in [0.25, 0.3) is 5.69 Å². The number of rotatable bonds is 5. The van der Waals surface area contributed by atoms with Crippen LogP contribution in [0.3, 0.4) is 0 Å². The second-order valence-electron chi connectivity index (χ2n) is 8.17. The molecule has 0 spiro atoms. The first-order chi connectivity index (χ1) is 16.4. The third-order valence-electron chi connectivity index (χ3n) is 5.31. The van der Waals surface area contributed by atoms with Crippen molar-refractivity contribution in [2.75, 3.05) is 31.5 Å². The van der Waals surface area contributed by atoms with Crippen molar-refractivity contribution in [2.24, 2.45) is 0 Å². The van der Waals surface area contributed by atoms with Gasteiger partial charge in [-0.25, -0.2) is 23.2 Å². The van der Waals surface area contributed by atoms with Gasteiger partial charge < -0.3 is 20.2 Å².